The minimum Gasteiger partial charge on any atom is -0.345 e. The highest BCUT2D eigenvalue weighted by Crippen LogP contribution is 2.34. The molecule has 2 aromatic carbocycles. The molecule has 10 heteroatoms. The molecule has 180 valence electrons. The zero-order valence-corrected chi connectivity index (χ0v) is 20.8. The van der Waals surface area contributed by atoms with Gasteiger partial charge in [0.15, 0.2) is 5.13 Å². The Bertz CT molecular complexity index is 1290. The molecule has 1 unspecified atom stereocenters. The van der Waals surface area contributed by atoms with Crippen molar-refractivity contribution in [3.8, 4) is 0 Å². The fourth-order valence-electron chi connectivity index (χ4n) is 4.73. The maximum absolute atomic E-state index is 13.3. The minimum absolute atomic E-state index is 0.0137. The van der Waals surface area contributed by atoms with Gasteiger partial charge < -0.3 is 9.80 Å². The lowest BCUT2D eigenvalue weighted by Crippen LogP contribution is -2.54. The van der Waals surface area contributed by atoms with Crippen LogP contribution in [0.4, 0.5) is 9.52 Å². The number of piperazine rings is 1. The summed E-state index contributed by atoms with van der Waals surface area (Å²) in [6.45, 7) is 6.80. The zero-order chi connectivity index (χ0) is 24.0. The van der Waals surface area contributed by atoms with Crippen molar-refractivity contribution in [2.24, 2.45) is 0 Å². The normalized spacial score (nSPS) is 19.8. The summed E-state index contributed by atoms with van der Waals surface area (Å²) in [4.78, 5) is 22.2. The van der Waals surface area contributed by atoms with Crippen molar-refractivity contribution in [1.82, 2.24) is 14.2 Å². The lowest BCUT2D eigenvalue weighted by Gasteiger charge is -2.37. The molecule has 0 N–H and O–H groups in total. The number of nitrogens with zero attached hydrogens (tertiary/aromatic N) is 4. The van der Waals surface area contributed by atoms with Crippen LogP contribution in [0.25, 0.3) is 10.2 Å². The summed E-state index contributed by atoms with van der Waals surface area (Å²) in [5, 5.41) is 0.959. The quantitative estimate of drug-likeness (QED) is 0.546. The Labute approximate surface area is 202 Å². The largest absolute Gasteiger partial charge is 0.345 e. The number of anilines is 1. The van der Waals surface area contributed by atoms with Crippen LogP contribution < -0.4 is 4.90 Å². The molecule has 1 aromatic heterocycles. The van der Waals surface area contributed by atoms with E-state index in [2.05, 4.69) is 30.9 Å². The van der Waals surface area contributed by atoms with Crippen molar-refractivity contribution in [2.45, 2.75) is 37.6 Å². The van der Waals surface area contributed by atoms with E-state index < -0.39 is 21.9 Å². The molecule has 1 atom stereocenters. The molecule has 2 saturated heterocycles. The van der Waals surface area contributed by atoms with Gasteiger partial charge in [0.05, 0.1) is 15.1 Å². The molecule has 7 nitrogen and oxygen atoms in total. The molecule has 2 aliphatic heterocycles. The fourth-order valence-corrected chi connectivity index (χ4v) is 7.54. The van der Waals surface area contributed by atoms with Crippen LogP contribution >= 0.6 is 11.3 Å². The first-order chi connectivity index (χ1) is 16.3. The van der Waals surface area contributed by atoms with Crippen molar-refractivity contribution < 1.29 is 17.6 Å². The maximum atomic E-state index is 13.3. The molecule has 0 radical (unpaired) electrons. The van der Waals surface area contributed by atoms with E-state index >= 15 is 0 Å². The van der Waals surface area contributed by atoms with Crippen LogP contribution in [-0.4, -0.2) is 67.3 Å². The number of benzene rings is 2. The van der Waals surface area contributed by atoms with Crippen molar-refractivity contribution in [3.05, 3.63) is 53.3 Å². The Hall–Kier alpha value is -2.56. The molecular formula is C24H27FN4O3S2. The number of rotatable bonds is 4. The number of thiazole rings is 1. The van der Waals surface area contributed by atoms with E-state index in [0.717, 1.165) is 28.3 Å². The number of amides is 1. The third-order valence-electron chi connectivity index (χ3n) is 6.70. The number of fused-ring (bicyclic) bond motifs is 1. The van der Waals surface area contributed by atoms with Gasteiger partial charge in [-0.05, 0) is 62.1 Å². The monoisotopic (exact) mass is 502 g/mol. The van der Waals surface area contributed by atoms with E-state index in [0.29, 0.717) is 45.6 Å². The lowest BCUT2D eigenvalue weighted by molar-refractivity contribution is -0.134. The molecule has 1 amide bonds. The summed E-state index contributed by atoms with van der Waals surface area (Å²) in [6, 6.07) is 8.26. The molecule has 3 heterocycles. The van der Waals surface area contributed by atoms with Gasteiger partial charge in [-0.3, -0.25) is 4.79 Å². The van der Waals surface area contributed by atoms with Crippen LogP contribution in [0.3, 0.4) is 0 Å². The molecule has 0 bridgehead atoms. The Morgan fingerprint density at radius 3 is 2.35 bits per heavy atom. The summed E-state index contributed by atoms with van der Waals surface area (Å²) >= 11 is 1.68. The molecule has 0 saturated carbocycles. The molecule has 3 aromatic rings. The van der Waals surface area contributed by atoms with Crippen molar-refractivity contribution >= 4 is 42.6 Å². The van der Waals surface area contributed by atoms with E-state index in [1.807, 2.05) is 0 Å². The van der Waals surface area contributed by atoms with Crippen molar-refractivity contribution in [3.63, 3.8) is 0 Å². The van der Waals surface area contributed by atoms with Crippen LogP contribution in [0.1, 0.15) is 24.0 Å². The number of sulfonamides is 1. The van der Waals surface area contributed by atoms with E-state index in [9.17, 15) is 17.6 Å². The average Bonchev–Trinajstić information content (AvgIpc) is 3.50. The van der Waals surface area contributed by atoms with E-state index in [1.54, 1.807) is 16.2 Å². The summed E-state index contributed by atoms with van der Waals surface area (Å²) in [6.07, 6.45) is 1.12. The zero-order valence-electron chi connectivity index (χ0n) is 19.2. The molecular weight excluding hydrogens is 475 g/mol. The second-order valence-corrected chi connectivity index (χ2v) is 11.8. The smallest absolute Gasteiger partial charge is 0.243 e. The summed E-state index contributed by atoms with van der Waals surface area (Å²) < 4.78 is 42.0. The van der Waals surface area contributed by atoms with Gasteiger partial charge in [0.25, 0.3) is 0 Å². The van der Waals surface area contributed by atoms with Gasteiger partial charge in [-0.2, -0.15) is 4.31 Å². The predicted octanol–water partition coefficient (Wildman–Crippen LogP) is 3.55. The Balaban J connectivity index is 1.28. The first-order valence-electron chi connectivity index (χ1n) is 11.4. The molecule has 5 rings (SSSR count). The molecule has 2 fully saturated rings. The number of hydrogen-bond donors (Lipinski definition) is 0. The topological polar surface area (TPSA) is 73.8 Å². The molecule has 2 aliphatic rings. The first-order valence-corrected chi connectivity index (χ1v) is 13.7. The maximum Gasteiger partial charge on any atom is 0.243 e. The fraction of sp³-hybridized carbons (Fsp3) is 0.417. The lowest BCUT2D eigenvalue weighted by atomic mass is 10.1. The van der Waals surface area contributed by atoms with Crippen LogP contribution in [0.15, 0.2) is 41.3 Å². The summed E-state index contributed by atoms with van der Waals surface area (Å²) in [5.41, 5.74) is 3.40. The highest BCUT2D eigenvalue weighted by Gasteiger charge is 2.41. The van der Waals surface area contributed by atoms with E-state index in [-0.39, 0.29) is 10.8 Å². The number of halogens is 1. The predicted molar refractivity (Wildman–Crippen MR) is 131 cm³/mol. The van der Waals surface area contributed by atoms with Gasteiger partial charge in [0, 0.05) is 32.7 Å². The van der Waals surface area contributed by atoms with E-state index in [1.165, 1.54) is 26.7 Å². The van der Waals surface area contributed by atoms with Gasteiger partial charge in [-0.25, -0.2) is 17.8 Å². The molecule has 34 heavy (non-hydrogen) atoms. The van der Waals surface area contributed by atoms with E-state index in [4.69, 9.17) is 4.98 Å². The Kier molecular flexibility index (Phi) is 6.07. The van der Waals surface area contributed by atoms with Crippen molar-refractivity contribution in [1.29, 1.82) is 0 Å². The van der Waals surface area contributed by atoms with Crippen LogP contribution in [0.5, 0.6) is 0 Å². The number of carbonyl (C=O) groups is 1. The van der Waals surface area contributed by atoms with Crippen molar-refractivity contribution in [2.75, 3.05) is 37.6 Å². The number of carbonyl (C=O) groups excluding carboxylic acids is 1. The standard InChI is InChI=1S/C24H27FN4O3S2/c1-16-5-6-17(2)22-21(16)26-24(33-22)28-14-12-27(13-15-28)23(30)20-4-3-11-29(20)34(31,32)19-9-7-18(25)8-10-19/h5-10,20H,3-4,11-15H2,1-2H3. The van der Waals surface area contributed by atoms with Gasteiger partial charge >= 0.3 is 0 Å². The average molecular weight is 503 g/mol. The highest BCUT2D eigenvalue weighted by atomic mass is 32.2. The van der Waals surface area contributed by atoms with Gasteiger partial charge in [-0.15, -0.1) is 0 Å². The second-order valence-electron chi connectivity index (χ2n) is 8.91. The third kappa shape index (κ3) is 4.08. The Morgan fingerprint density at radius 2 is 1.68 bits per heavy atom. The Morgan fingerprint density at radius 1 is 1.00 bits per heavy atom. The number of hydrogen-bond acceptors (Lipinski definition) is 6. The second kappa shape index (κ2) is 8.90. The van der Waals surface area contributed by atoms with Crippen LogP contribution in [-0.2, 0) is 14.8 Å². The van der Waals surface area contributed by atoms with Gasteiger partial charge in [0.2, 0.25) is 15.9 Å². The third-order valence-corrected chi connectivity index (χ3v) is 9.88. The van der Waals surface area contributed by atoms with Gasteiger partial charge in [0.1, 0.15) is 11.9 Å². The summed E-state index contributed by atoms with van der Waals surface area (Å²) in [5.74, 6) is -0.650. The summed E-state index contributed by atoms with van der Waals surface area (Å²) in [7, 11) is -3.86. The highest BCUT2D eigenvalue weighted by molar-refractivity contribution is 7.89. The minimum atomic E-state index is -3.86. The number of aromatic nitrogens is 1. The number of aryl methyl sites for hydroxylation is 2. The SMILES string of the molecule is Cc1ccc(C)c2sc(N3CCN(C(=O)C4CCCN4S(=O)(=O)c4ccc(F)cc4)CC3)nc12. The van der Waals surface area contributed by atoms with Crippen LogP contribution in [0, 0.1) is 19.7 Å². The first kappa shape index (κ1) is 23.2. The molecule has 0 aliphatic carbocycles. The van der Waals surface area contributed by atoms with Gasteiger partial charge in [-0.1, -0.05) is 23.5 Å². The molecule has 0 spiro atoms. The van der Waals surface area contributed by atoms with Crippen LogP contribution in [0.2, 0.25) is 0 Å².